The molecular formula is C24H42N2O2. The quantitative estimate of drug-likeness (QED) is 0.526. The van der Waals surface area contributed by atoms with Gasteiger partial charge in [-0.15, -0.1) is 0 Å². The molecular weight excluding hydrogens is 348 g/mol. The van der Waals surface area contributed by atoms with Crippen molar-refractivity contribution in [2.75, 3.05) is 13.2 Å². The SMILES string of the molecule is CC[C@@H]1/C(=N/OCCCN)CC[C@@]2(C)C1CC[C@H]1[C@@H]3CC[C@H](O)[C@@]3(C)CC[C@@H]12. The van der Waals surface area contributed by atoms with E-state index in [1.54, 1.807) is 0 Å². The van der Waals surface area contributed by atoms with Crippen LogP contribution in [0.2, 0.25) is 0 Å². The van der Waals surface area contributed by atoms with Crippen molar-refractivity contribution in [1.29, 1.82) is 0 Å². The molecule has 4 aliphatic rings. The van der Waals surface area contributed by atoms with E-state index in [1.165, 1.54) is 50.7 Å². The molecule has 4 rings (SSSR count). The topological polar surface area (TPSA) is 67.8 Å². The molecule has 0 saturated heterocycles. The zero-order chi connectivity index (χ0) is 19.9. The third kappa shape index (κ3) is 3.14. The van der Waals surface area contributed by atoms with Gasteiger partial charge in [-0.05, 0) is 105 Å². The van der Waals surface area contributed by atoms with Crippen LogP contribution in [0.1, 0.15) is 85.0 Å². The molecule has 1 unspecified atom stereocenters. The summed E-state index contributed by atoms with van der Waals surface area (Å²) in [6.07, 6.45) is 11.9. The Labute approximate surface area is 171 Å². The molecule has 0 aliphatic heterocycles. The predicted molar refractivity (Wildman–Crippen MR) is 114 cm³/mol. The van der Waals surface area contributed by atoms with Crippen molar-refractivity contribution in [3.63, 3.8) is 0 Å². The lowest BCUT2D eigenvalue weighted by molar-refractivity contribution is -0.121. The second-order valence-corrected chi connectivity index (χ2v) is 10.8. The number of aliphatic hydroxyl groups is 1. The molecule has 0 amide bonds. The summed E-state index contributed by atoms with van der Waals surface area (Å²) in [4.78, 5) is 5.63. The van der Waals surface area contributed by atoms with Crippen LogP contribution in [-0.2, 0) is 4.84 Å². The van der Waals surface area contributed by atoms with E-state index in [2.05, 4.69) is 25.9 Å². The van der Waals surface area contributed by atoms with Gasteiger partial charge in [-0.25, -0.2) is 0 Å². The minimum absolute atomic E-state index is 0.0665. The molecule has 0 bridgehead atoms. The molecule has 3 N–H and O–H groups in total. The first kappa shape index (κ1) is 20.7. The molecule has 4 nitrogen and oxygen atoms in total. The Morgan fingerprint density at radius 1 is 1.04 bits per heavy atom. The summed E-state index contributed by atoms with van der Waals surface area (Å²) in [5, 5.41) is 15.3. The van der Waals surface area contributed by atoms with Gasteiger partial charge in [-0.3, -0.25) is 0 Å². The largest absolute Gasteiger partial charge is 0.396 e. The second kappa shape index (κ2) is 7.91. The summed E-state index contributed by atoms with van der Waals surface area (Å²) in [5.74, 6) is 3.74. The summed E-state index contributed by atoms with van der Waals surface area (Å²) in [6.45, 7) is 8.64. The average molecular weight is 391 g/mol. The van der Waals surface area contributed by atoms with Gasteiger partial charge in [0.25, 0.3) is 0 Å². The summed E-state index contributed by atoms with van der Waals surface area (Å²) in [6, 6.07) is 0. The van der Waals surface area contributed by atoms with Crippen molar-refractivity contribution < 1.29 is 9.94 Å². The van der Waals surface area contributed by atoms with Gasteiger partial charge in [-0.2, -0.15) is 0 Å². The number of fused-ring (bicyclic) bond motifs is 5. The number of hydrogen-bond acceptors (Lipinski definition) is 4. The molecule has 160 valence electrons. The third-order valence-corrected chi connectivity index (χ3v) is 9.79. The van der Waals surface area contributed by atoms with E-state index in [9.17, 15) is 5.11 Å². The molecule has 0 aromatic rings. The van der Waals surface area contributed by atoms with Crippen LogP contribution in [0.5, 0.6) is 0 Å². The van der Waals surface area contributed by atoms with Gasteiger partial charge >= 0.3 is 0 Å². The van der Waals surface area contributed by atoms with E-state index >= 15 is 0 Å². The van der Waals surface area contributed by atoms with Gasteiger partial charge in [0.1, 0.15) is 6.61 Å². The summed E-state index contributed by atoms with van der Waals surface area (Å²) >= 11 is 0. The van der Waals surface area contributed by atoms with Gasteiger partial charge in [0.05, 0.1) is 11.8 Å². The lowest BCUT2D eigenvalue weighted by Crippen LogP contribution is -2.56. The maximum absolute atomic E-state index is 10.7. The van der Waals surface area contributed by atoms with E-state index < -0.39 is 0 Å². The average Bonchev–Trinajstić information content (AvgIpc) is 3.00. The Morgan fingerprint density at radius 3 is 2.54 bits per heavy atom. The minimum Gasteiger partial charge on any atom is -0.396 e. The highest BCUT2D eigenvalue weighted by molar-refractivity contribution is 5.87. The smallest absolute Gasteiger partial charge is 0.118 e. The fraction of sp³-hybridized carbons (Fsp3) is 0.958. The molecule has 0 spiro atoms. The van der Waals surface area contributed by atoms with Crippen molar-refractivity contribution in [1.82, 2.24) is 0 Å². The first-order chi connectivity index (χ1) is 13.5. The maximum Gasteiger partial charge on any atom is 0.118 e. The van der Waals surface area contributed by atoms with Crippen LogP contribution in [0.3, 0.4) is 0 Å². The molecule has 0 heterocycles. The van der Waals surface area contributed by atoms with E-state index in [-0.39, 0.29) is 11.5 Å². The van der Waals surface area contributed by atoms with E-state index in [4.69, 9.17) is 10.6 Å². The van der Waals surface area contributed by atoms with Crippen molar-refractivity contribution in [3.05, 3.63) is 0 Å². The van der Waals surface area contributed by atoms with E-state index in [0.717, 1.165) is 42.9 Å². The minimum atomic E-state index is -0.0665. The van der Waals surface area contributed by atoms with E-state index in [0.29, 0.717) is 24.5 Å². The fourth-order valence-electron chi connectivity index (χ4n) is 8.21. The van der Waals surface area contributed by atoms with Crippen molar-refractivity contribution >= 4 is 5.71 Å². The number of aliphatic hydroxyl groups excluding tert-OH is 1. The van der Waals surface area contributed by atoms with Crippen LogP contribution in [0.4, 0.5) is 0 Å². The van der Waals surface area contributed by atoms with Gasteiger partial charge in [-0.1, -0.05) is 25.9 Å². The van der Waals surface area contributed by atoms with Crippen molar-refractivity contribution in [3.8, 4) is 0 Å². The van der Waals surface area contributed by atoms with Crippen molar-refractivity contribution in [2.24, 2.45) is 51.3 Å². The number of oxime groups is 1. The predicted octanol–water partition coefficient (Wildman–Crippen LogP) is 4.75. The Balaban J connectivity index is 1.53. The monoisotopic (exact) mass is 390 g/mol. The van der Waals surface area contributed by atoms with Crippen LogP contribution in [0, 0.1) is 40.4 Å². The van der Waals surface area contributed by atoms with Gasteiger partial charge in [0.2, 0.25) is 0 Å². The molecule has 0 aromatic carbocycles. The summed E-state index contributed by atoms with van der Waals surface area (Å²) in [7, 11) is 0. The second-order valence-electron chi connectivity index (χ2n) is 10.8. The number of hydrogen-bond donors (Lipinski definition) is 2. The summed E-state index contributed by atoms with van der Waals surface area (Å²) < 4.78 is 0. The van der Waals surface area contributed by atoms with Crippen LogP contribution >= 0.6 is 0 Å². The highest BCUT2D eigenvalue weighted by atomic mass is 16.6. The number of rotatable bonds is 5. The van der Waals surface area contributed by atoms with Crippen LogP contribution in [-0.4, -0.2) is 30.1 Å². The molecule has 28 heavy (non-hydrogen) atoms. The maximum atomic E-state index is 10.7. The molecule has 4 saturated carbocycles. The Morgan fingerprint density at radius 2 is 1.79 bits per heavy atom. The molecule has 8 atom stereocenters. The zero-order valence-electron chi connectivity index (χ0n) is 18.3. The Bertz CT molecular complexity index is 593. The molecule has 4 heteroatoms. The molecule has 0 radical (unpaired) electrons. The van der Waals surface area contributed by atoms with Crippen LogP contribution in [0.15, 0.2) is 5.16 Å². The summed E-state index contributed by atoms with van der Waals surface area (Å²) in [5.41, 5.74) is 7.52. The lowest BCUT2D eigenvalue weighted by atomic mass is 9.43. The van der Waals surface area contributed by atoms with Gasteiger partial charge in [0, 0.05) is 5.92 Å². The van der Waals surface area contributed by atoms with Crippen LogP contribution in [0.25, 0.3) is 0 Å². The highest BCUT2D eigenvalue weighted by Gasteiger charge is 2.61. The van der Waals surface area contributed by atoms with Crippen LogP contribution < -0.4 is 5.73 Å². The van der Waals surface area contributed by atoms with Gasteiger partial charge < -0.3 is 15.7 Å². The Kier molecular flexibility index (Phi) is 5.83. The molecule has 4 fully saturated rings. The van der Waals surface area contributed by atoms with Gasteiger partial charge in [0.15, 0.2) is 0 Å². The normalized spacial score (nSPS) is 49.4. The van der Waals surface area contributed by atoms with Crippen molar-refractivity contribution in [2.45, 2.75) is 91.1 Å². The first-order valence-electron chi connectivity index (χ1n) is 12.0. The molecule has 4 aliphatic carbocycles. The first-order valence-corrected chi connectivity index (χ1v) is 12.0. The standard InChI is InChI=1S/C24H42N2O2/c1-4-16-18-7-6-17-19-8-9-22(27)24(19,3)12-10-20(17)23(18,2)13-11-21(16)26-28-15-5-14-25/h16-20,22,27H,4-15,25H2,1-3H3/b26-21+/t16-,17-,18?,19-,20-,22-,23-,24-/m0/s1. The fourth-order valence-corrected chi connectivity index (χ4v) is 8.21. The highest BCUT2D eigenvalue weighted by Crippen LogP contribution is 2.66. The zero-order valence-corrected chi connectivity index (χ0v) is 18.3. The number of nitrogens with two attached hydrogens (primary N) is 1. The van der Waals surface area contributed by atoms with E-state index in [1.807, 2.05) is 0 Å². The molecule has 0 aromatic heterocycles. The third-order valence-electron chi connectivity index (χ3n) is 9.79. The lowest BCUT2D eigenvalue weighted by Gasteiger charge is -2.61. The Hall–Kier alpha value is -0.610. The number of nitrogens with zero attached hydrogens (tertiary/aromatic N) is 1.